The van der Waals surface area contributed by atoms with Crippen LogP contribution in [0.1, 0.15) is 31.4 Å². The van der Waals surface area contributed by atoms with Gasteiger partial charge >= 0.3 is 6.03 Å². The molecule has 2 amide bonds. The Balaban J connectivity index is 1.92. The van der Waals surface area contributed by atoms with E-state index < -0.39 is 6.10 Å². The van der Waals surface area contributed by atoms with Crippen LogP contribution in [0.2, 0.25) is 0 Å². The molecule has 2 rings (SSSR count). The van der Waals surface area contributed by atoms with Gasteiger partial charge in [0.15, 0.2) is 0 Å². The lowest BCUT2D eigenvalue weighted by Gasteiger charge is -2.27. The molecule has 1 fully saturated rings. The number of carbonyl (C=O) groups excluding carboxylic acids is 1. The Morgan fingerprint density at radius 3 is 2.68 bits per heavy atom. The SMILES string of the molecule is CO[C@H](c1ccccc1F)[C@H](C)NC(=O)NC1CCSCC1. The van der Waals surface area contributed by atoms with Crippen molar-refractivity contribution in [3.8, 4) is 0 Å². The predicted molar refractivity (Wildman–Crippen MR) is 87.6 cm³/mol. The number of urea groups is 1. The molecule has 0 aliphatic carbocycles. The van der Waals surface area contributed by atoms with Gasteiger partial charge in [0.1, 0.15) is 11.9 Å². The minimum absolute atomic E-state index is 0.220. The van der Waals surface area contributed by atoms with Gasteiger partial charge in [-0.05, 0) is 37.3 Å². The van der Waals surface area contributed by atoms with Crippen LogP contribution < -0.4 is 10.6 Å². The van der Waals surface area contributed by atoms with Crippen molar-refractivity contribution in [2.45, 2.75) is 38.0 Å². The Kier molecular flexibility index (Phi) is 6.51. The highest BCUT2D eigenvalue weighted by atomic mass is 32.2. The Morgan fingerprint density at radius 2 is 2.05 bits per heavy atom. The van der Waals surface area contributed by atoms with E-state index in [0.717, 1.165) is 24.3 Å². The highest BCUT2D eigenvalue weighted by molar-refractivity contribution is 7.99. The molecule has 2 atom stereocenters. The Hall–Kier alpha value is -1.27. The number of methoxy groups -OCH3 is 1. The van der Waals surface area contributed by atoms with E-state index in [1.165, 1.54) is 13.2 Å². The second-order valence-electron chi connectivity index (χ2n) is 5.47. The van der Waals surface area contributed by atoms with E-state index in [9.17, 15) is 9.18 Å². The van der Waals surface area contributed by atoms with Crippen LogP contribution in [0.4, 0.5) is 9.18 Å². The minimum Gasteiger partial charge on any atom is -0.375 e. The van der Waals surface area contributed by atoms with E-state index in [1.807, 2.05) is 18.7 Å². The third kappa shape index (κ3) is 4.61. The number of hydrogen-bond acceptors (Lipinski definition) is 3. The summed E-state index contributed by atoms with van der Waals surface area (Å²) in [6.07, 6.45) is 1.47. The Bertz CT molecular complexity index is 495. The fourth-order valence-electron chi connectivity index (χ4n) is 2.66. The Labute approximate surface area is 135 Å². The fourth-order valence-corrected chi connectivity index (χ4v) is 3.76. The third-order valence-electron chi connectivity index (χ3n) is 3.84. The monoisotopic (exact) mass is 326 g/mol. The predicted octanol–water partition coefficient (Wildman–Crippen LogP) is 3.10. The first-order valence-electron chi connectivity index (χ1n) is 7.53. The average molecular weight is 326 g/mol. The molecule has 0 saturated carbocycles. The number of thioether (sulfide) groups is 1. The van der Waals surface area contributed by atoms with Crippen LogP contribution in [0.5, 0.6) is 0 Å². The van der Waals surface area contributed by atoms with E-state index >= 15 is 0 Å². The summed E-state index contributed by atoms with van der Waals surface area (Å²) in [5.41, 5.74) is 0.451. The van der Waals surface area contributed by atoms with Crippen LogP contribution >= 0.6 is 11.8 Å². The number of halogens is 1. The van der Waals surface area contributed by atoms with Crippen LogP contribution in [-0.2, 0) is 4.74 Å². The van der Waals surface area contributed by atoms with E-state index in [2.05, 4.69) is 10.6 Å². The van der Waals surface area contributed by atoms with Gasteiger partial charge in [-0.2, -0.15) is 11.8 Å². The van der Waals surface area contributed by atoms with Crippen molar-refractivity contribution in [2.75, 3.05) is 18.6 Å². The molecule has 0 unspecified atom stereocenters. The van der Waals surface area contributed by atoms with Crippen LogP contribution in [0, 0.1) is 5.82 Å². The van der Waals surface area contributed by atoms with Gasteiger partial charge in [-0.15, -0.1) is 0 Å². The second kappa shape index (κ2) is 8.39. The van der Waals surface area contributed by atoms with E-state index in [1.54, 1.807) is 18.2 Å². The van der Waals surface area contributed by atoms with Crippen molar-refractivity contribution < 1.29 is 13.9 Å². The molecule has 1 aliphatic rings. The van der Waals surface area contributed by atoms with Gasteiger partial charge in [-0.1, -0.05) is 18.2 Å². The molecule has 0 radical (unpaired) electrons. The van der Waals surface area contributed by atoms with Gasteiger partial charge in [0.2, 0.25) is 0 Å². The zero-order valence-electron chi connectivity index (χ0n) is 13.0. The molecule has 122 valence electrons. The summed E-state index contributed by atoms with van der Waals surface area (Å²) in [5.74, 6) is 1.83. The number of hydrogen-bond donors (Lipinski definition) is 2. The van der Waals surface area contributed by atoms with E-state index in [0.29, 0.717) is 5.56 Å². The van der Waals surface area contributed by atoms with Crippen LogP contribution in [0.15, 0.2) is 24.3 Å². The molecular weight excluding hydrogens is 303 g/mol. The van der Waals surface area contributed by atoms with Gasteiger partial charge in [-0.25, -0.2) is 9.18 Å². The molecule has 22 heavy (non-hydrogen) atoms. The molecule has 1 aromatic carbocycles. The maximum atomic E-state index is 13.9. The second-order valence-corrected chi connectivity index (χ2v) is 6.70. The number of amides is 2. The van der Waals surface area contributed by atoms with Crippen molar-refractivity contribution in [1.82, 2.24) is 10.6 Å². The van der Waals surface area contributed by atoms with Crippen LogP contribution in [0.25, 0.3) is 0 Å². The number of ether oxygens (including phenoxy) is 1. The highest BCUT2D eigenvalue weighted by Crippen LogP contribution is 2.23. The van der Waals surface area contributed by atoms with Crippen molar-refractivity contribution in [3.05, 3.63) is 35.6 Å². The van der Waals surface area contributed by atoms with Crippen LogP contribution in [0.3, 0.4) is 0 Å². The quantitative estimate of drug-likeness (QED) is 0.874. The summed E-state index contributed by atoms with van der Waals surface area (Å²) in [4.78, 5) is 12.1. The normalized spacial score (nSPS) is 18.5. The summed E-state index contributed by atoms with van der Waals surface area (Å²) in [7, 11) is 1.52. The minimum atomic E-state index is -0.520. The lowest BCUT2D eigenvalue weighted by atomic mass is 10.0. The molecule has 0 spiro atoms. The zero-order chi connectivity index (χ0) is 15.9. The molecule has 1 aliphatic heterocycles. The summed E-state index contributed by atoms with van der Waals surface area (Å²) in [6.45, 7) is 1.82. The smallest absolute Gasteiger partial charge is 0.315 e. The maximum absolute atomic E-state index is 13.9. The van der Waals surface area contributed by atoms with Gasteiger partial charge < -0.3 is 15.4 Å². The average Bonchev–Trinajstić information content (AvgIpc) is 2.50. The molecule has 6 heteroatoms. The largest absolute Gasteiger partial charge is 0.375 e. The number of carbonyl (C=O) groups is 1. The van der Waals surface area contributed by atoms with Gasteiger partial charge in [0.05, 0.1) is 6.04 Å². The number of benzene rings is 1. The van der Waals surface area contributed by atoms with Gasteiger partial charge in [0, 0.05) is 18.7 Å². The standard InChI is InChI=1S/C16H23FN2O2S/c1-11(15(21-2)13-5-3-4-6-14(13)17)18-16(20)19-12-7-9-22-10-8-12/h3-6,11-12,15H,7-10H2,1-2H3,(H2,18,19,20)/t11-,15-/m0/s1. The first-order valence-corrected chi connectivity index (χ1v) is 8.69. The molecule has 1 saturated heterocycles. The fraction of sp³-hybridized carbons (Fsp3) is 0.562. The van der Waals surface area contributed by atoms with Crippen molar-refractivity contribution in [3.63, 3.8) is 0 Å². The van der Waals surface area contributed by atoms with Gasteiger partial charge in [0.25, 0.3) is 0 Å². The van der Waals surface area contributed by atoms with Crippen molar-refractivity contribution >= 4 is 17.8 Å². The van der Waals surface area contributed by atoms with Crippen molar-refractivity contribution in [2.24, 2.45) is 0 Å². The highest BCUT2D eigenvalue weighted by Gasteiger charge is 2.24. The zero-order valence-corrected chi connectivity index (χ0v) is 13.8. The summed E-state index contributed by atoms with van der Waals surface area (Å²) in [5, 5.41) is 5.84. The maximum Gasteiger partial charge on any atom is 0.315 e. The first-order chi connectivity index (χ1) is 10.6. The lowest BCUT2D eigenvalue weighted by Crippen LogP contribution is -2.48. The molecule has 1 heterocycles. The van der Waals surface area contributed by atoms with E-state index in [-0.39, 0.29) is 23.9 Å². The topological polar surface area (TPSA) is 50.4 Å². The molecule has 4 nitrogen and oxygen atoms in total. The first kappa shape index (κ1) is 17.1. The molecular formula is C16H23FN2O2S. The third-order valence-corrected chi connectivity index (χ3v) is 4.88. The lowest BCUT2D eigenvalue weighted by molar-refractivity contribution is 0.0731. The summed E-state index contributed by atoms with van der Waals surface area (Å²) >= 11 is 1.91. The molecule has 0 bridgehead atoms. The van der Waals surface area contributed by atoms with Gasteiger partial charge in [-0.3, -0.25) is 0 Å². The number of nitrogens with one attached hydrogen (secondary N) is 2. The Morgan fingerprint density at radius 1 is 1.36 bits per heavy atom. The van der Waals surface area contributed by atoms with Crippen molar-refractivity contribution in [1.29, 1.82) is 0 Å². The van der Waals surface area contributed by atoms with E-state index in [4.69, 9.17) is 4.74 Å². The number of rotatable bonds is 5. The molecule has 2 N–H and O–H groups in total. The summed E-state index contributed by atoms with van der Waals surface area (Å²) in [6, 6.07) is 6.14. The molecule has 1 aromatic rings. The van der Waals surface area contributed by atoms with Crippen LogP contribution in [-0.4, -0.2) is 36.7 Å². The summed E-state index contributed by atoms with van der Waals surface area (Å²) < 4.78 is 19.3. The molecule has 0 aromatic heterocycles.